The Kier molecular flexibility index (Phi) is 5.94. The summed E-state index contributed by atoms with van der Waals surface area (Å²) < 4.78 is 11.3. The van der Waals surface area contributed by atoms with Gasteiger partial charge in [0.05, 0.1) is 35.8 Å². The standard InChI is InChI=1S/C45H34N2OSi/c1-49(2,3)32-23-21-31(22-24-32)46-39-15-7-4-11-33(39)37-27-29(19-25-41(37)46)30-20-26-42-38(28-30)34-12-5-8-16-40(34)47(42)43-17-10-14-36-35-13-6-9-18-44(35)48-45(36)43/h4-28H,1-3H3. The van der Waals surface area contributed by atoms with Crippen molar-refractivity contribution in [2.24, 2.45) is 0 Å². The summed E-state index contributed by atoms with van der Waals surface area (Å²) in [5.41, 5.74) is 11.3. The quantitative estimate of drug-likeness (QED) is 0.175. The molecule has 10 aromatic rings. The number of hydrogen-bond donors (Lipinski definition) is 0. The van der Waals surface area contributed by atoms with E-state index >= 15 is 0 Å². The molecule has 49 heavy (non-hydrogen) atoms. The molecule has 0 saturated heterocycles. The van der Waals surface area contributed by atoms with Crippen LogP contribution in [-0.2, 0) is 0 Å². The van der Waals surface area contributed by atoms with Crippen molar-refractivity contribution in [1.29, 1.82) is 0 Å². The average molecular weight is 647 g/mol. The van der Waals surface area contributed by atoms with Crippen molar-refractivity contribution in [2.45, 2.75) is 19.6 Å². The van der Waals surface area contributed by atoms with E-state index in [-0.39, 0.29) is 0 Å². The Morgan fingerprint density at radius 1 is 0.429 bits per heavy atom. The van der Waals surface area contributed by atoms with E-state index in [1.807, 2.05) is 6.07 Å². The van der Waals surface area contributed by atoms with Gasteiger partial charge in [-0.1, -0.05) is 116 Å². The number of aromatic nitrogens is 2. The summed E-state index contributed by atoms with van der Waals surface area (Å²) in [7, 11) is -1.38. The smallest absolute Gasteiger partial charge is 0.159 e. The fourth-order valence-corrected chi connectivity index (χ4v) is 9.03. The maximum absolute atomic E-state index is 6.51. The lowest BCUT2D eigenvalue weighted by molar-refractivity contribution is 0.666. The first kappa shape index (κ1) is 28.2. The molecule has 0 aliphatic heterocycles. The largest absolute Gasteiger partial charge is 0.454 e. The van der Waals surface area contributed by atoms with Gasteiger partial charge >= 0.3 is 0 Å². The predicted octanol–water partition coefficient (Wildman–Crippen LogP) is 12.0. The van der Waals surface area contributed by atoms with Crippen LogP contribution >= 0.6 is 0 Å². The summed E-state index contributed by atoms with van der Waals surface area (Å²) in [4.78, 5) is 0. The molecule has 0 bridgehead atoms. The minimum atomic E-state index is -1.38. The molecule has 7 aromatic carbocycles. The Hall–Kier alpha value is -5.84. The van der Waals surface area contributed by atoms with Crippen LogP contribution in [0.15, 0.2) is 156 Å². The van der Waals surface area contributed by atoms with Gasteiger partial charge in [0.1, 0.15) is 5.58 Å². The Labute approximate surface area is 285 Å². The topological polar surface area (TPSA) is 23.0 Å². The first-order chi connectivity index (χ1) is 23.9. The molecule has 0 unspecified atom stereocenters. The third kappa shape index (κ3) is 4.20. The molecule has 0 spiro atoms. The van der Waals surface area contributed by atoms with Gasteiger partial charge < -0.3 is 13.6 Å². The van der Waals surface area contributed by atoms with Crippen molar-refractivity contribution < 1.29 is 4.42 Å². The summed E-state index contributed by atoms with van der Waals surface area (Å²) >= 11 is 0. The SMILES string of the molecule is C[Si](C)(C)c1ccc(-n2c3ccccc3c3cc(-c4ccc5c(c4)c4ccccc4n5-c4cccc5c4oc4ccccc45)ccc32)cc1. The molecule has 0 aliphatic rings. The molecular weight excluding hydrogens is 613 g/mol. The first-order valence-corrected chi connectivity index (χ1v) is 20.5. The summed E-state index contributed by atoms with van der Waals surface area (Å²) in [6.07, 6.45) is 0. The Balaban J connectivity index is 1.16. The lowest BCUT2D eigenvalue weighted by Gasteiger charge is -2.17. The lowest BCUT2D eigenvalue weighted by atomic mass is 10.0. The number of rotatable bonds is 4. The van der Waals surface area contributed by atoms with E-state index in [0.717, 1.165) is 33.1 Å². The van der Waals surface area contributed by atoms with Crippen molar-refractivity contribution in [2.75, 3.05) is 0 Å². The molecule has 4 heteroatoms. The molecule has 0 radical (unpaired) electrons. The zero-order chi connectivity index (χ0) is 32.9. The lowest BCUT2D eigenvalue weighted by Crippen LogP contribution is -2.37. The van der Waals surface area contributed by atoms with Crippen molar-refractivity contribution in [3.63, 3.8) is 0 Å². The predicted molar refractivity (Wildman–Crippen MR) is 211 cm³/mol. The molecule has 0 fully saturated rings. The minimum Gasteiger partial charge on any atom is -0.454 e. The summed E-state index contributed by atoms with van der Waals surface area (Å²) in [5.74, 6) is 0. The molecule has 10 rings (SSSR count). The van der Waals surface area contributed by atoms with Gasteiger partial charge in [-0.05, 0) is 71.8 Å². The van der Waals surface area contributed by atoms with Gasteiger partial charge in [-0.15, -0.1) is 0 Å². The van der Waals surface area contributed by atoms with Crippen LogP contribution in [-0.4, -0.2) is 17.2 Å². The van der Waals surface area contributed by atoms with Gasteiger partial charge in [-0.3, -0.25) is 0 Å². The van der Waals surface area contributed by atoms with Crippen LogP contribution in [0.3, 0.4) is 0 Å². The molecule has 0 saturated carbocycles. The van der Waals surface area contributed by atoms with Crippen LogP contribution < -0.4 is 5.19 Å². The van der Waals surface area contributed by atoms with Gasteiger partial charge in [-0.25, -0.2) is 0 Å². The van der Waals surface area contributed by atoms with Gasteiger partial charge in [0, 0.05) is 38.0 Å². The molecule has 0 N–H and O–H groups in total. The van der Waals surface area contributed by atoms with Crippen LogP contribution in [0.5, 0.6) is 0 Å². The van der Waals surface area contributed by atoms with Crippen molar-refractivity contribution in [1.82, 2.24) is 9.13 Å². The molecule has 3 heterocycles. The average Bonchev–Trinajstić information content (AvgIpc) is 3.79. The van der Waals surface area contributed by atoms with Gasteiger partial charge in [0.25, 0.3) is 0 Å². The van der Waals surface area contributed by atoms with Gasteiger partial charge in [0.15, 0.2) is 5.58 Å². The molecule has 0 atom stereocenters. The molecule has 0 aliphatic carbocycles. The van der Waals surface area contributed by atoms with Crippen LogP contribution in [0.4, 0.5) is 0 Å². The normalized spacial score (nSPS) is 12.4. The fraction of sp³-hybridized carbons (Fsp3) is 0.0667. The number of furan rings is 1. The van der Waals surface area contributed by atoms with Gasteiger partial charge in [0.2, 0.25) is 0 Å². The van der Waals surface area contributed by atoms with E-state index in [1.54, 1.807) is 0 Å². The van der Waals surface area contributed by atoms with E-state index in [0.29, 0.717) is 0 Å². The summed E-state index contributed by atoms with van der Waals surface area (Å²) in [6, 6.07) is 55.4. The summed E-state index contributed by atoms with van der Waals surface area (Å²) in [5, 5.41) is 8.74. The van der Waals surface area contributed by atoms with Crippen LogP contribution in [0, 0.1) is 0 Å². The maximum Gasteiger partial charge on any atom is 0.159 e. The number of benzene rings is 7. The molecule has 234 valence electrons. The molecule has 3 aromatic heterocycles. The van der Waals surface area contributed by atoms with Crippen molar-refractivity contribution in [3.05, 3.63) is 152 Å². The molecule has 0 amide bonds. The number of hydrogen-bond acceptors (Lipinski definition) is 1. The van der Waals surface area contributed by atoms with E-state index in [9.17, 15) is 0 Å². The second kappa shape index (κ2) is 10.3. The molecule has 3 nitrogen and oxygen atoms in total. The van der Waals surface area contributed by atoms with Crippen LogP contribution in [0.25, 0.3) is 88.1 Å². The van der Waals surface area contributed by atoms with E-state index < -0.39 is 8.07 Å². The van der Waals surface area contributed by atoms with Gasteiger partial charge in [-0.2, -0.15) is 0 Å². The van der Waals surface area contributed by atoms with Crippen molar-refractivity contribution >= 4 is 78.8 Å². The maximum atomic E-state index is 6.51. The van der Waals surface area contributed by atoms with E-state index in [4.69, 9.17) is 4.42 Å². The number of fused-ring (bicyclic) bond motifs is 9. The van der Waals surface area contributed by atoms with E-state index in [1.165, 1.54) is 60.1 Å². The summed E-state index contributed by atoms with van der Waals surface area (Å²) in [6.45, 7) is 7.21. The number of nitrogens with zero attached hydrogens (tertiary/aromatic N) is 2. The van der Waals surface area contributed by atoms with Crippen molar-refractivity contribution in [3.8, 4) is 22.5 Å². The third-order valence-corrected chi connectivity index (χ3v) is 12.4. The second-order valence-electron chi connectivity index (χ2n) is 14.2. The Bertz CT molecular complexity index is 2910. The highest BCUT2D eigenvalue weighted by Crippen LogP contribution is 2.40. The highest BCUT2D eigenvalue weighted by molar-refractivity contribution is 6.88. The minimum absolute atomic E-state index is 0.910. The monoisotopic (exact) mass is 646 g/mol. The molecular formula is C45H34N2OSi. The third-order valence-electron chi connectivity index (χ3n) is 10.3. The highest BCUT2D eigenvalue weighted by Gasteiger charge is 2.20. The van der Waals surface area contributed by atoms with Crippen LogP contribution in [0.2, 0.25) is 19.6 Å². The first-order valence-electron chi connectivity index (χ1n) is 17.0. The zero-order valence-electron chi connectivity index (χ0n) is 27.7. The highest BCUT2D eigenvalue weighted by atomic mass is 28.3. The Morgan fingerprint density at radius 2 is 0.959 bits per heavy atom. The number of para-hydroxylation sites is 4. The van der Waals surface area contributed by atoms with Crippen LogP contribution in [0.1, 0.15) is 0 Å². The zero-order valence-corrected chi connectivity index (χ0v) is 28.7. The second-order valence-corrected chi connectivity index (χ2v) is 19.3. The fourth-order valence-electron chi connectivity index (χ4n) is 7.86. The Morgan fingerprint density at radius 3 is 1.61 bits per heavy atom. The van der Waals surface area contributed by atoms with E-state index in [2.05, 4.69) is 174 Å².